The fraction of sp³-hybridized carbons (Fsp3) is 1.00. The molecule has 7 heavy (non-hydrogen) atoms. The van der Waals surface area contributed by atoms with Gasteiger partial charge in [-0.2, -0.15) is 0 Å². The van der Waals surface area contributed by atoms with Crippen molar-refractivity contribution in [2.75, 3.05) is 6.61 Å². The van der Waals surface area contributed by atoms with Crippen LogP contribution in [0.5, 0.6) is 0 Å². The molecule has 0 unspecified atom stereocenters. The fourth-order valence-electron chi connectivity index (χ4n) is 0.354. The summed E-state index contributed by atoms with van der Waals surface area (Å²) in [5.41, 5.74) is 0. The van der Waals surface area contributed by atoms with Gasteiger partial charge in [-0.25, -0.2) is 0 Å². The van der Waals surface area contributed by atoms with Gasteiger partial charge in [-0.15, -0.1) is 0 Å². The Hall–Kier alpha value is 0.596. The zero-order valence-electron chi connectivity index (χ0n) is 5.40. The van der Waals surface area contributed by atoms with Gasteiger partial charge < -0.3 is 0 Å². The molecular weight excluding hydrogens is 146 g/mol. The molecule has 0 aliphatic heterocycles. The van der Waals surface area contributed by atoms with Gasteiger partial charge in [0.15, 0.2) is 0 Å². The van der Waals surface area contributed by atoms with Crippen molar-refractivity contribution >= 4 is 19.0 Å². The van der Waals surface area contributed by atoms with Crippen LogP contribution in [-0.2, 0) is 3.53 Å². The normalized spacial score (nSPS) is 10.1. The summed E-state index contributed by atoms with van der Waals surface area (Å²) in [5, 5.41) is 0. The van der Waals surface area contributed by atoms with Gasteiger partial charge in [-0.1, -0.05) is 0 Å². The minimum atomic E-state index is 0.599. The van der Waals surface area contributed by atoms with Crippen LogP contribution in [0.4, 0.5) is 0 Å². The summed E-state index contributed by atoms with van der Waals surface area (Å²) in [4.78, 5) is 0. The molecule has 2 heteroatoms. The van der Waals surface area contributed by atoms with Crippen molar-refractivity contribution in [3.8, 4) is 0 Å². The van der Waals surface area contributed by atoms with Crippen LogP contribution in [0.1, 0.15) is 20.3 Å². The summed E-state index contributed by atoms with van der Waals surface area (Å²) >= 11 is 0.599. The first-order valence-corrected chi connectivity index (χ1v) is 4.47. The van der Waals surface area contributed by atoms with E-state index in [2.05, 4.69) is 13.8 Å². The molecule has 1 nitrogen and oxygen atoms in total. The maximum absolute atomic E-state index is 5.04. The van der Waals surface area contributed by atoms with E-state index in [1.807, 2.05) is 0 Å². The molecule has 0 radical (unpaired) electrons. The fourth-order valence-corrected chi connectivity index (χ4v) is 0.848. The Bertz CT molecular complexity index is 37.1. The van der Waals surface area contributed by atoms with Crippen LogP contribution in [0.2, 0.25) is 0 Å². The topological polar surface area (TPSA) is 9.23 Å². The van der Waals surface area contributed by atoms with Crippen molar-refractivity contribution in [1.29, 1.82) is 0 Å². The van der Waals surface area contributed by atoms with E-state index in [0.717, 1.165) is 12.5 Å². The average molecular weight is 159 g/mol. The van der Waals surface area contributed by atoms with Crippen LogP contribution in [-0.4, -0.2) is 25.6 Å². The molecule has 0 amide bonds. The van der Waals surface area contributed by atoms with Crippen LogP contribution in [0, 0.1) is 5.92 Å². The molecule has 0 fully saturated rings. The van der Waals surface area contributed by atoms with Crippen LogP contribution >= 0.6 is 0 Å². The molecule has 0 spiro atoms. The van der Waals surface area contributed by atoms with Gasteiger partial charge >= 0.3 is 55.3 Å². The second kappa shape index (κ2) is 4.75. The Morgan fingerprint density at radius 2 is 2.14 bits per heavy atom. The quantitative estimate of drug-likeness (QED) is 0.547. The molecule has 0 atom stereocenters. The van der Waals surface area contributed by atoms with E-state index < -0.39 is 0 Å². The molecule has 0 heterocycles. The summed E-state index contributed by atoms with van der Waals surface area (Å²) in [6, 6.07) is 0. The molecule has 0 saturated heterocycles. The van der Waals surface area contributed by atoms with Crippen LogP contribution in [0.15, 0.2) is 0 Å². The molecule has 0 aliphatic carbocycles. The van der Waals surface area contributed by atoms with E-state index in [1.165, 1.54) is 6.42 Å². The Labute approximate surface area is 55.8 Å². The second-order valence-corrected chi connectivity index (χ2v) is 3.39. The standard InChI is InChI=1S/C5H11O.Ga.2H/c1-5(2)3-4-6;;;/h5H,3-4H2,1-2H3;;;/q-1;+1;;. The van der Waals surface area contributed by atoms with Crippen LogP contribution in [0.25, 0.3) is 0 Å². The first kappa shape index (κ1) is 7.60. The van der Waals surface area contributed by atoms with E-state index >= 15 is 0 Å². The molecule has 0 aromatic carbocycles. The van der Waals surface area contributed by atoms with Crippen molar-refractivity contribution in [3.63, 3.8) is 0 Å². The third kappa shape index (κ3) is 6.60. The van der Waals surface area contributed by atoms with Crippen molar-refractivity contribution in [1.82, 2.24) is 0 Å². The molecule has 0 rings (SSSR count). The van der Waals surface area contributed by atoms with Crippen LogP contribution < -0.4 is 0 Å². The Morgan fingerprint density at radius 1 is 1.57 bits per heavy atom. The molecule has 0 aliphatic rings. The average Bonchev–Trinajstić information content (AvgIpc) is 1.61. The number of hydrogen-bond acceptors (Lipinski definition) is 1. The summed E-state index contributed by atoms with van der Waals surface area (Å²) in [5.74, 6) is 0.808. The molecular formula is C5H13GaO. The zero-order chi connectivity index (χ0) is 5.70. The van der Waals surface area contributed by atoms with E-state index in [9.17, 15) is 0 Å². The Kier molecular flexibility index (Phi) is 5.15. The van der Waals surface area contributed by atoms with Crippen molar-refractivity contribution < 1.29 is 3.53 Å². The monoisotopic (exact) mass is 158 g/mol. The van der Waals surface area contributed by atoms with E-state index in [4.69, 9.17) is 3.53 Å². The van der Waals surface area contributed by atoms with Gasteiger partial charge in [0.05, 0.1) is 0 Å². The van der Waals surface area contributed by atoms with Crippen molar-refractivity contribution in [2.24, 2.45) is 5.92 Å². The number of hydrogen-bond donors (Lipinski definition) is 0. The van der Waals surface area contributed by atoms with E-state index in [-0.39, 0.29) is 0 Å². The van der Waals surface area contributed by atoms with E-state index in [1.54, 1.807) is 0 Å². The van der Waals surface area contributed by atoms with Crippen molar-refractivity contribution in [3.05, 3.63) is 0 Å². The summed E-state index contributed by atoms with van der Waals surface area (Å²) in [7, 11) is 0. The molecule has 42 valence electrons. The minimum absolute atomic E-state index is 0.599. The summed E-state index contributed by atoms with van der Waals surface area (Å²) < 4.78 is 5.04. The SMILES string of the molecule is CC(C)CC[O][GaH2]. The van der Waals surface area contributed by atoms with Gasteiger partial charge in [0, 0.05) is 0 Å². The van der Waals surface area contributed by atoms with Gasteiger partial charge in [0.1, 0.15) is 0 Å². The molecule has 0 bridgehead atoms. The van der Waals surface area contributed by atoms with Gasteiger partial charge in [0.2, 0.25) is 0 Å². The van der Waals surface area contributed by atoms with Gasteiger partial charge in [-0.05, 0) is 0 Å². The predicted molar refractivity (Wildman–Crippen MR) is 34.0 cm³/mol. The summed E-state index contributed by atoms with van der Waals surface area (Å²) in [6.07, 6.45) is 1.22. The number of rotatable bonds is 3. The predicted octanol–water partition coefficient (Wildman–Crippen LogP) is 0.597. The second-order valence-electron chi connectivity index (χ2n) is 2.18. The third-order valence-corrected chi connectivity index (χ3v) is 1.76. The molecule has 0 N–H and O–H groups in total. The summed E-state index contributed by atoms with van der Waals surface area (Å²) in [6.45, 7) is 5.41. The zero-order valence-corrected chi connectivity index (χ0v) is 9.60. The molecule has 0 aromatic rings. The Balaban J connectivity index is 2.68. The van der Waals surface area contributed by atoms with Gasteiger partial charge in [-0.3, -0.25) is 0 Å². The molecule has 0 aromatic heterocycles. The van der Waals surface area contributed by atoms with Gasteiger partial charge in [0.25, 0.3) is 0 Å². The first-order chi connectivity index (χ1) is 3.27. The first-order valence-electron chi connectivity index (χ1n) is 2.76. The Morgan fingerprint density at radius 3 is 2.29 bits per heavy atom. The maximum atomic E-state index is 5.04. The third-order valence-electron chi connectivity index (χ3n) is 0.899. The van der Waals surface area contributed by atoms with Crippen molar-refractivity contribution in [2.45, 2.75) is 20.3 Å². The van der Waals surface area contributed by atoms with Crippen LogP contribution in [0.3, 0.4) is 0 Å². The molecule has 0 saturated carbocycles. The van der Waals surface area contributed by atoms with E-state index in [0.29, 0.717) is 19.0 Å².